The summed E-state index contributed by atoms with van der Waals surface area (Å²) in [7, 11) is 0. The second-order valence-corrected chi connectivity index (χ2v) is 11.7. The van der Waals surface area contributed by atoms with Crippen LogP contribution in [-0.4, -0.2) is 62.0 Å². The minimum Gasteiger partial charge on any atom is -0.384 e. The van der Waals surface area contributed by atoms with Gasteiger partial charge in [0.05, 0.1) is 17.2 Å². The summed E-state index contributed by atoms with van der Waals surface area (Å²) in [5.41, 5.74) is -0.167. The standard InChI is InChI=1S/C30H33F3N6O2/c31-30(32,33)24-6-12-34-26(15-24)39-18-23(19-39)28(40)38-13-7-21(17-38)14-20-4-8-29(41,9-5-20)25-3-2-22(16-37-25)27-35-10-1-11-36-27/h1-3,6,10-12,15-16,20-21,23,41H,4-5,7-9,13-14,17-19H2. The molecule has 1 atom stereocenters. The van der Waals surface area contributed by atoms with E-state index in [1.54, 1.807) is 29.6 Å². The maximum absolute atomic E-state index is 13.1. The maximum atomic E-state index is 13.1. The summed E-state index contributed by atoms with van der Waals surface area (Å²) in [5.74, 6) is 1.68. The van der Waals surface area contributed by atoms with E-state index < -0.39 is 17.3 Å². The number of pyridine rings is 2. The molecule has 0 radical (unpaired) electrons. The van der Waals surface area contributed by atoms with Gasteiger partial charge in [0.15, 0.2) is 5.82 Å². The zero-order valence-electron chi connectivity index (χ0n) is 22.7. The van der Waals surface area contributed by atoms with E-state index in [2.05, 4.69) is 19.9 Å². The van der Waals surface area contributed by atoms with Gasteiger partial charge in [-0.1, -0.05) is 0 Å². The fourth-order valence-corrected chi connectivity index (χ4v) is 6.44. The number of alkyl halides is 3. The summed E-state index contributed by atoms with van der Waals surface area (Å²) >= 11 is 0. The van der Waals surface area contributed by atoms with Crippen molar-refractivity contribution in [3.05, 3.63) is 66.4 Å². The lowest BCUT2D eigenvalue weighted by molar-refractivity contribution is -0.138. The van der Waals surface area contributed by atoms with E-state index in [0.29, 0.717) is 49.3 Å². The summed E-state index contributed by atoms with van der Waals surface area (Å²) in [4.78, 5) is 33.8. The summed E-state index contributed by atoms with van der Waals surface area (Å²) in [5, 5.41) is 11.3. The lowest BCUT2D eigenvalue weighted by Crippen LogP contribution is -2.54. The largest absolute Gasteiger partial charge is 0.416 e. The van der Waals surface area contributed by atoms with Gasteiger partial charge in [-0.05, 0) is 80.7 Å². The van der Waals surface area contributed by atoms with Crippen LogP contribution in [0.4, 0.5) is 19.0 Å². The van der Waals surface area contributed by atoms with Gasteiger partial charge in [-0.3, -0.25) is 9.78 Å². The zero-order chi connectivity index (χ0) is 28.6. The van der Waals surface area contributed by atoms with Crippen LogP contribution in [0.3, 0.4) is 0 Å². The van der Waals surface area contributed by atoms with Gasteiger partial charge < -0.3 is 14.9 Å². The van der Waals surface area contributed by atoms with Crippen molar-refractivity contribution in [1.29, 1.82) is 0 Å². The second kappa shape index (κ2) is 11.0. The number of hydrogen-bond donors (Lipinski definition) is 1. The lowest BCUT2D eigenvalue weighted by Gasteiger charge is -2.41. The van der Waals surface area contributed by atoms with E-state index in [9.17, 15) is 23.1 Å². The highest BCUT2D eigenvalue weighted by Crippen LogP contribution is 2.42. The van der Waals surface area contributed by atoms with E-state index in [1.165, 1.54) is 0 Å². The molecule has 5 heterocycles. The van der Waals surface area contributed by atoms with Gasteiger partial charge >= 0.3 is 6.18 Å². The van der Waals surface area contributed by atoms with Crippen molar-refractivity contribution in [2.24, 2.45) is 17.8 Å². The highest BCUT2D eigenvalue weighted by atomic mass is 19.4. The van der Waals surface area contributed by atoms with Crippen LogP contribution in [0.5, 0.6) is 0 Å². The van der Waals surface area contributed by atoms with Gasteiger partial charge in [0.25, 0.3) is 0 Å². The average Bonchev–Trinajstić information content (AvgIpc) is 3.42. The van der Waals surface area contributed by atoms with Crippen LogP contribution in [0.25, 0.3) is 11.4 Å². The molecule has 3 aromatic rings. The molecule has 6 rings (SSSR count). The summed E-state index contributed by atoms with van der Waals surface area (Å²) in [6.07, 6.45) is 6.97. The minimum atomic E-state index is -4.42. The zero-order valence-corrected chi connectivity index (χ0v) is 22.7. The molecule has 1 amide bonds. The number of halogens is 3. The smallest absolute Gasteiger partial charge is 0.384 e. The number of nitrogens with zero attached hydrogens (tertiary/aromatic N) is 6. The summed E-state index contributed by atoms with van der Waals surface area (Å²) < 4.78 is 39.1. The molecule has 1 aliphatic carbocycles. The van der Waals surface area contributed by atoms with E-state index >= 15 is 0 Å². The Morgan fingerprint density at radius 1 is 0.951 bits per heavy atom. The van der Waals surface area contributed by atoms with Gasteiger partial charge in [0.1, 0.15) is 11.4 Å². The molecule has 0 bridgehead atoms. The van der Waals surface area contributed by atoms with Crippen molar-refractivity contribution >= 4 is 11.7 Å². The van der Waals surface area contributed by atoms with E-state index in [0.717, 1.165) is 62.7 Å². The molecule has 0 aromatic carbocycles. The monoisotopic (exact) mass is 566 g/mol. The first-order valence-corrected chi connectivity index (χ1v) is 14.2. The third-order valence-corrected chi connectivity index (χ3v) is 8.89. The Bertz CT molecular complexity index is 1360. The van der Waals surface area contributed by atoms with Crippen LogP contribution in [0, 0.1) is 17.8 Å². The average molecular weight is 567 g/mol. The molecule has 1 unspecified atom stereocenters. The number of rotatable bonds is 6. The first kappa shape index (κ1) is 27.6. The SMILES string of the molecule is O=C(C1CN(c2cc(C(F)(F)F)ccn2)C1)N1CCC(CC2CCC(O)(c3ccc(-c4ncccn4)cn3)CC2)C1. The topological polar surface area (TPSA) is 95.3 Å². The molecule has 3 aliphatic rings. The van der Waals surface area contributed by atoms with Crippen molar-refractivity contribution in [1.82, 2.24) is 24.8 Å². The Kier molecular flexibility index (Phi) is 7.39. The number of likely N-dealkylation sites (tertiary alicyclic amines) is 1. The molecule has 41 heavy (non-hydrogen) atoms. The highest BCUT2D eigenvalue weighted by molar-refractivity contribution is 5.82. The molecule has 3 aromatic heterocycles. The Morgan fingerprint density at radius 2 is 1.71 bits per heavy atom. The van der Waals surface area contributed by atoms with Crippen molar-refractivity contribution < 1.29 is 23.1 Å². The lowest BCUT2D eigenvalue weighted by atomic mass is 9.74. The van der Waals surface area contributed by atoms with E-state index in [4.69, 9.17) is 0 Å². The van der Waals surface area contributed by atoms with Crippen LogP contribution in [-0.2, 0) is 16.6 Å². The van der Waals surface area contributed by atoms with Gasteiger partial charge in [-0.25, -0.2) is 15.0 Å². The number of hydrogen-bond acceptors (Lipinski definition) is 7. The predicted molar refractivity (Wildman–Crippen MR) is 145 cm³/mol. The molecule has 1 saturated carbocycles. The van der Waals surface area contributed by atoms with Gasteiger partial charge in [-0.2, -0.15) is 13.2 Å². The fraction of sp³-hybridized carbons (Fsp3) is 0.500. The highest BCUT2D eigenvalue weighted by Gasteiger charge is 2.41. The first-order valence-electron chi connectivity index (χ1n) is 14.2. The number of amides is 1. The molecule has 1 N–H and O–H groups in total. The third-order valence-electron chi connectivity index (χ3n) is 8.89. The molecule has 2 saturated heterocycles. The molecule has 11 heteroatoms. The molecule has 0 spiro atoms. The number of carbonyl (C=O) groups is 1. The minimum absolute atomic E-state index is 0.0872. The Morgan fingerprint density at radius 3 is 2.39 bits per heavy atom. The van der Waals surface area contributed by atoms with Crippen molar-refractivity contribution in [2.75, 3.05) is 31.1 Å². The quantitative estimate of drug-likeness (QED) is 0.462. The first-order chi connectivity index (χ1) is 19.7. The normalized spacial score (nSPS) is 25.3. The molecule has 8 nitrogen and oxygen atoms in total. The van der Waals surface area contributed by atoms with Crippen molar-refractivity contribution in [3.63, 3.8) is 0 Å². The van der Waals surface area contributed by atoms with E-state index in [-0.39, 0.29) is 17.6 Å². The van der Waals surface area contributed by atoms with Crippen LogP contribution in [0.2, 0.25) is 0 Å². The van der Waals surface area contributed by atoms with Crippen molar-refractivity contribution in [3.8, 4) is 11.4 Å². The molecular weight excluding hydrogens is 533 g/mol. The fourth-order valence-electron chi connectivity index (χ4n) is 6.44. The molecular formula is C30H33F3N6O2. The third kappa shape index (κ3) is 5.91. The van der Waals surface area contributed by atoms with E-state index in [1.807, 2.05) is 17.0 Å². The van der Waals surface area contributed by atoms with Gasteiger partial charge in [0.2, 0.25) is 5.91 Å². The maximum Gasteiger partial charge on any atom is 0.416 e. The number of aliphatic hydroxyl groups is 1. The van der Waals surface area contributed by atoms with Crippen LogP contribution in [0.15, 0.2) is 55.1 Å². The van der Waals surface area contributed by atoms with Crippen LogP contribution < -0.4 is 4.90 Å². The number of aromatic nitrogens is 4. The van der Waals surface area contributed by atoms with Gasteiger partial charge in [0, 0.05) is 56.5 Å². The molecule has 216 valence electrons. The predicted octanol–water partition coefficient (Wildman–Crippen LogP) is 4.71. The molecule has 3 fully saturated rings. The van der Waals surface area contributed by atoms with Crippen molar-refractivity contribution in [2.45, 2.75) is 50.3 Å². The van der Waals surface area contributed by atoms with Gasteiger partial charge in [-0.15, -0.1) is 0 Å². The summed E-state index contributed by atoms with van der Waals surface area (Å²) in [6.45, 7) is 2.23. The Labute approximate surface area is 236 Å². The Hall–Kier alpha value is -3.60. The number of carbonyl (C=O) groups excluding carboxylic acids is 1. The second-order valence-electron chi connectivity index (χ2n) is 11.7. The van der Waals surface area contributed by atoms with Crippen LogP contribution in [0.1, 0.15) is 49.8 Å². The number of anilines is 1. The molecule has 2 aliphatic heterocycles. The summed E-state index contributed by atoms with van der Waals surface area (Å²) in [6, 6.07) is 7.54. The van der Waals surface area contributed by atoms with Crippen LogP contribution >= 0.6 is 0 Å². The Balaban J connectivity index is 0.960.